The van der Waals surface area contributed by atoms with Crippen molar-refractivity contribution < 1.29 is 0 Å². The molecule has 1 aliphatic heterocycles. The van der Waals surface area contributed by atoms with Crippen molar-refractivity contribution in [3.05, 3.63) is 35.4 Å². The Balaban J connectivity index is 1.87. The van der Waals surface area contributed by atoms with Gasteiger partial charge in [0.2, 0.25) is 0 Å². The summed E-state index contributed by atoms with van der Waals surface area (Å²) in [6.45, 7) is 18.0. The van der Waals surface area contributed by atoms with E-state index in [1.165, 1.54) is 50.0 Å². The van der Waals surface area contributed by atoms with Gasteiger partial charge < -0.3 is 4.90 Å². The smallest absolute Gasteiger partial charge is 0.00103 e. The second-order valence-electron chi connectivity index (χ2n) is 9.19. The molecule has 0 radical (unpaired) electrons. The lowest BCUT2D eigenvalue weighted by atomic mass is 9.82. The third-order valence-corrected chi connectivity index (χ3v) is 5.38. The van der Waals surface area contributed by atoms with Crippen molar-refractivity contribution in [2.24, 2.45) is 17.3 Å². The SMILES string of the molecule is CC(Cc1ccc(C(C)C)cc1)CN1CCC(C)(C)CC(C)C1. The molecule has 0 N–H and O–H groups in total. The van der Waals surface area contributed by atoms with E-state index in [-0.39, 0.29) is 0 Å². The average Bonchev–Trinajstić information content (AvgIpc) is 2.56. The van der Waals surface area contributed by atoms with Crippen LogP contribution in [-0.4, -0.2) is 24.5 Å². The van der Waals surface area contributed by atoms with Gasteiger partial charge >= 0.3 is 0 Å². The van der Waals surface area contributed by atoms with Crippen molar-refractivity contribution in [3.8, 4) is 0 Å². The molecule has 0 aromatic heterocycles. The van der Waals surface area contributed by atoms with Crippen LogP contribution in [0.1, 0.15) is 71.4 Å². The van der Waals surface area contributed by atoms with Crippen LogP contribution in [0.4, 0.5) is 0 Å². The summed E-state index contributed by atoms with van der Waals surface area (Å²) in [5, 5.41) is 0. The first-order valence-corrected chi connectivity index (χ1v) is 9.56. The van der Waals surface area contributed by atoms with Gasteiger partial charge in [0.1, 0.15) is 0 Å². The maximum atomic E-state index is 2.71. The van der Waals surface area contributed by atoms with Crippen LogP contribution in [0.2, 0.25) is 0 Å². The van der Waals surface area contributed by atoms with Gasteiger partial charge in [-0.1, -0.05) is 65.8 Å². The van der Waals surface area contributed by atoms with E-state index in [2.05, 4.69) is 70.7 Å². The van der Waals surface area contributed by atoms with Crippen LogP contribution in [-0.2, 0) is 6.42 Å². The summed E-state index contributed by atoms with van der Waals surface area (Å²) < 4.78 is 0. The molecule has 23 heavy (non-hydrogen) atoms. The van der Waals surface area contributed by atoms with Crippen LogP contribution >= 0.6 is 0 Å². The molecular formula is C22H37N. The van der Waals surface area contributed by atoms with Gasteiger partial charge in [0, 0.05) is 13.1 Å². The highest BCUT2D eigenvalue weighted by atomic mass is 15.1. The van der Waals surface area contributed by atoms with Gasteiger partial charge in [0.25, 0.3) is 0 Å². The largest absolute Gasteiger partial charge is 0.303 e. The van der Waals surface area contributed by atoms with Crippen molar-refractivity contribution in [2.45, 2.75) is 66.7 Å². The molecule has 1 nitrogen and oxygen atoms in total. The second kappa shape index (κ2) is 7.83. The Labute approximate surface area is 144 Å². The molecule has 130 valence electrons. The minimum atomic E-state index is 0.518. The van der Waals surface area contributed by atoms with Gasteiger partial charge in [-0.15, -0.1) is 0 Å². The van der Waals surface area contributed by atoms with Crippen molar-refractivity contribution >= 4 is 0 Å². The van der Waals surface area contributed by atoms with Crippen LogP contribution in [0.5, 0.6) is 0 Å². The first-order chi connectivity index (χ1) is 10.7. The molecular weight excluding hydrogens is 278 g/mol. The zero-order valence-electron chi connectivity index (χ0n) is 16.2. The summed E-state index contributed by atoms with van der Waals surface area (Å²) in [5.74, 6) is 2.18. The molecule has 0 bridgehead atoms. The molecule has 1 heterocycles. The van der Waals surface area contributed by atoms with E-state index in [4.69, 9.17) is 0 Å². The molecule has 2 atom stereocenters. The number of rotatable bonds is 5. The Morgan fingerprint density at radius 1 is 1.13 bits per heavy atom. The molecule has 0 spiro atoms. The van der Waals surface area contributed by atoms with Crippen LogP contribution in [0.3, 0.4) is 0 Å². The molecule has 0 saturated carbocycles. The van der Waals surface area contributed by atoms with E-state index in [1.54, 1.807) is 0 Å². The van der Waals surface area contributed by atoms with Crippen LogP contribution in [0.25, 0.3) is 0 Å². The molecule has 1 heteroatoms. The topological polar surface area (TPSA) is 3.24 Å². The number of likely N-dealkylation sites (tertiary alicyclic amines) is 1. The number of benzene rings is 1. The predicted octanol–water partition coefficient (Wildman–Crippen LogP) is 5.75. The molecule has 0 aliphatic carbocycles. The van der Waals surface area contributed by atoms with E-state index >= 15 is 0 Å². The summed E-state index contributed by atoms with van der Waals surface area (Å²) in [6.07, 6.45) is 3.91. The normalized spacial score (nSPS) is 23.7. The first-order valence-electron chi connectivity index (χ1n) is 9.56. The number of hydrogen-bond donors (Lipinski definition) is 0. The van der Waals surface area contributed by atoms with Gasteiger partial charge in [-0.25, -0.2) is 0 Å². The molecule has 1 aliphatic rings. The Hall–Kier alpha value is -0.820. The Morgan fingerprint density at radius 3 is 2.39 bits per heavy atom. The molecule has 0 amide bonds. The lowest BCUT2D eigenvalue weighted by Gasteiger charge is -2.26. The van der Waals surface area contributed by atoms with Gasteiger partial charge in [-0.3, -0.25) is 0 Å². The fraction of sp³-hybridized carbons (Fsp3) is 0.727. The second-order valence-corrected chi connectivity index (χ2v) is 9.19. The van der Waals surface area contributed by atoms with Gasteiger partial charge in [0.05, 0.1) is 0 Å². The highest BCUT2D eigenvalue weighted by Gasteiger charge is 2.27. The van der Waals surface area contributed by atoms with Crippen molar-refractivity contribution in [1.29, 1.82) is 0 Å². The molecule has 1 fully saturated rings. The Bertz CT molecular complexity index is 471. The van der Waals surface area contributed by atoms with Crippen molar-refractivity contribution in [2.75, 3.05) is 19.6 Å². The monoisotopic (exact) mass is 315 g/mol. The fourth-order valence-corrected chi connectivity index (χ4v) is 4.21. The Morgan fingerprint density at radius 2 is 1.78 bits per heavy atom. The first kappa shape index (κ1) is 18.5. The average molecular weight is 316 g/mol. The predicted molar refractivity (Wildman–Crippen MR) is 102 cm³/mol. The zero-order chi connectivity index (χ0) is 17.0. The van der Waals surface area contributed by atoms with Gasteiger partial charge in [-0.2, -0.15) is 0 Å². The van der Waals surface area contributed by atoms with E-state index in [9.17, 15) is 0 Å². The maximum Gasteiger partial charge on any atom is 0.00103 e. The quantitative estimate of drug-likeness (QED) is 0.669. The lowest BCUT2D eigenvalue weighted by Crippen LogP contribution is -2.32. The highest BCUT2D eigenvalue weighted by molar-refractivity contribution is 5.24. The van der Waals surface area contributed by atoms with Crippen LogP contribution in [0.15, 0.2) is 24.3 Å². The summed E-state index contributed by atoms with van der Waals surface area (Å²) in [7, 11) is 0. The van der Waals surface area contributed by atoms with E-state index in [0.29, 0.717) is 11.3 Å². The third-order valence-electron chi connectivity index (χ3n) is 5.38. The lowest BCUT2D eigenvalue weighted by molar-refractivity contribution is 0.222. The third kappa shape index (κ3) is 5.95. The van der Waals surface area contributed by atoms with Gasteiger partial charge in [0.15, 0.2) is 0 Å². The number of nitrogens with zero attached hydrogens (tertiary/aromatic N) is 1. The standard InChI is InChI=1S/C22H37N/c1-17(2)21-9-7-20(8-10-21)13-18(3)15-23-12-11-22(5,6)14-19(4)16-23/h7-10,17-19H,11-16H2,1-6H3. The molecule has 2 rings (SSSR count). The fourth-order valence-electron chi connectivity index (χ4n) is 4.21. The van der Waals surface area contributed by atoms with Gasteiger partial charge in [-0.05, 0) is 60.1 Å². The molecule has 1 aromatic carbocycles. The van der Waals surface area contributed by atoms with E-state index < -0.39 is 0 Å². The number of hydrogen-bond acceptors (Lipinski definition) is 1. The summed E-state index contributed by atoms with van der Waals surface area (Å²) in [4.78, 5) is 2.71. The van der Waals surface area contributed by atoms with E-state index in [1.807, 2.05) is 0 Å². The minimum absolute atomic E-state index is 0.518. The summed E-state index contributed by atoms with van der Waals surface area (Å²) >= 11 is 0. The summed E-state index contributed by atoms with van der Waals surface area (Å²) in [5.41, 5.74) is 3.46. The van der Waals surface area contributed by atoms with E-state index in [0.717, 1.165) is 11.8 Å². The molecule has 1 aromatic rings. The molecule has 1 saturated heterocycles. The highest BCUT2D eigenvalue weighted by Crippen LogP contribution is 2.33. The summed E-state index contributed by atoms with van der Waals surface area (Å²) in [6, 6.07) is 9.28. The van der Waals surface area contributed by atoms with Crippen LogP contribution < -0.4 is 0 Å². The van der Waals surface area contributed by atoms with Crippen molar-refractivity contribution in [1.82, 2.24) is 4.90 Å². The Kier molecular flexibility index (Phi) is 6.31. The zero-order valence-corrected chi connectivity index (χ0v) is 16.2. The van der Waals surface area contributed by atoms with Crippen molar-refractivity contribution in [3.63, 3.8) is 0 Å². The molecule has 2 unspecified atom stereocenters. The minimum Gasteiger partial charge on any atom is -0.303 e. The maximum absolute atomic E-state index is 2.71. The van der Waals surface area contributed by atoms with Crippen LogP contribution in [0, 0.1) is 17.3 Å².